The van der Waals surface area contributed by atoms with Gasteiger partial charge in [0.2, 0.25) is 0 Å². The van der Waals surface area contributed by atoms with Crippen molar-refractivity contribution in [2.75, 3.05) is 0 Å². The molecule has 0 amide bonds. The Kier molecular flexibility index (Phi) is 2.76. The molecule has 0 aliphatic carbocycles. The lowest BCUT2D eigenvalue weighted by atomic mass is 10.1. The molecule has 88 valence electrons. The van der Waals surface area contributed by atoms with E-state index in [1.54, 1.807) is 18.2 Å². The highest BCUT2D eigenvalue weighted by atomic mass is 16.3. The zero-order chi connectivity index (χ0) is 12.6. The molecule has 0 aliphatic rings. The van der Waals surface area contributed by atoms with Crippen LogP contribution in [0.5, 0.6) is 5.75 Å². The van der Waals surface area contributed by atoms with Gasteiger partial charge in [0, 0.05) is 23.9 Å². The molecule has 0 atom stereocenters. The Morgan fingerprint density at radius 2 is 2.00 bits per heavy atom. The molecule has 17 heavy (non-hydrogen) atoms. The Hall–Kier alpha value is -2.03. The molecule has 0 spiro atoms. The predicted octanol–water partition coefficient (Wildman–Crippen LogP) is 2.83. The maximum absolute atomic E-state index is 11.0. The Morgan fingerprint density at radius 3 is 2.53 bits per heavy atom. The number of aldehydes is 1. The van der Waals surface area contributed by atoms with Crippen LogP contribution < -0.4 is 0 Å². The van der Waals surface area contributed by atoms with Crippen molar-refractivity contribution in [2.24, 2.45) is 7.05 Å². The third kappa shape index (κ3) is 1.73. The van der Waals surface area contributed by atoms with Crippen LogP contribution in [0.3, 0.4) is 0 Å². The Labute approximate surface area is 100 Å². The van der Waals surface area contributed by atoms with E-state index in [-0.39, 0.29) is 5.75 Å². The molecule has 3 nitrogen and oxygen atoms in total. The lowest BCUT2D eigenvalue weighted by Gasteiger charge is -2.07. The van der Waals surface area contributed by atoms with Gasteiger partial charge in [-0.1, -0.05) is 12.1 Å². The average molecular weight is 229 g/mol. The van der Waals surface area contributed by atoms with Crippen LogP contribution in [-0.2, 0) is 7.05 Å². The van der Waals surface area contributed by atoms with Crippen molar-refractivity contribution >= 4 is 6.29 Å². The molecular formula is C14H15NO2. The van der Waals surface area contributed by atoms with E-state index in [9.17, 15) is 9.90 Å². The molecule has 0 radical (unpaired) electrons. The smallest absolute Gasteiger partial charge is 0.152 e. The molecule has 0 aliphatic heterocycles. The zero-order valence-corrected chi connectivity index (χ0v) is 10.2. The maximum Gasteiger partial charge on any atom is 0.152 e. The van der Waals surface area contributed by atoms with Gasteiger partial charge in [-0.3, -0.25) is 4.79 Å². The van der Waals surface area contributed by atoms with Gasteiger partial charge >= 0.3 is 0 Å². The number of aromatic nitrogens is 1. The fraction of sp³-hybridized carbons (Fsp3) is 0.214. The summed E-state index contributed by atoms with van der Waals surface area (Å²) in [6, 6.07) is 7.06. The van der Waals surface area contributed by atoms with Gasteiger partial charge in [-0.25, -0.2) is 0 Å². The summed E-state index contributed by atoms with van der Waals surface area (Å²) in [7, 11) is 1.93. The lowest BCUT2D eigenvalue weighted by Crippen LogP contribution is -1.94. The molecule has 0 unspecified atom stereocenters. The van der Waals surface area contributed by atoms with Gasteiger partial charge in [0.05, 0.1) is 5.69 Å². The summed E-state index contributed by atoms with van der Waals surface area (Å²) in [5.41, 5.74) is 4.51. The minimum atomic E-state index is 0.230. The first kappa shape index (κ1) is 11.5. The number of rotatable bonds is 2. The van der Waals surface area contributed by atoms with Crippen molar-refractivity contribution in [1.82, 2.24) is 4.57 Å². The third-order valence-corrected chi connectivity index (χ3v) is 3.22. The molecule has 0 saturated heterocycles. The first-order chi connectivity index (χ1) is 8.06. The topological polar surface area (TPSA) is 42.2 Å². The van der Waals surface area contributed by atoms with E-state index in [0.29, 0.717) is 0 Å². The Morgan fingerprint density at radius 1 is 1.29 bits per heavy atom. The summed E-state index contributed by atoms with van der Waals surface area (Å²) in [4.78, 5) is 11.0. The molecular weight excluding hydrogens is 214 g/mol. The number of benzene rings is 1. The quantitative estimate of drug-likeness (QED) is 0.804. The van der Waals surface area contributed by atoms with Gasteiger partial charge in [0.25, 0.3) is 0 Å². The van der Waals surface area contributed by atoms with E-state index in [4.69, 9.17) is 0 Å². The number of carbonyl (C=O) groups excluding carboxylic acids is 1. The standard InChI is InChI=1S/C14H15NO2/c1-9-13(8-16)10(2)15(3)14(9)11-5-4-6-12(17)7-11/h4-8,17H,1-3H3. The van der Waals surface area contributed by atoms with Crippen molar-refractivity contribution in [3.63, 3.8) is 0 Å². The predicted molar refractivity (Wildman–Crippen MR) is 67.4 cm³/mol. The largest absolute Gasteiger partial charge is 0.508 e. The number of aromatic hydroxyl groups is 1. The van der Waals surface area contributed by atoms with Gasteiger partial charge in [-0.05, 0) is 31.5 Å². The van der Waals surface area contributed by atoms with E-state index in [2.05, 4.69) is 0 Å². The van der Waals surface area contributed by atoms with Crippen molar-refractivity contribution in [2.45, 2.75) is 13.8 Å². The molecule has 1 N–H and O–H groups in total. The van der Waals surface area contributed by atoms with Crippen LogP contribution in [0.2, 0.25) is 0 Å². The number of carbonyl (C=O) groups is 1. The highest BCUT2D eigenvalue weighted by molar-refractivity contribution is 5.84. The van der Waals surface area contributed by atoms with Crippen LogP contribution in [0.25, 0.3) is 11.3 Å². The molecule has 1 aromatic carbocycles. The highest BCUT2D eigenvalue weighted by Gasteiger charge is 2.15. The van der Waals surface area contributed by atoms with Crippen molar-refractivity contribution in [3.8, 4) is 17.0 Å². The number of phenolic OH excluding ortho intramolecular Hbond substituents is 1. The normalized spacial score (nSPS) is 10.5. The fourth-order valence-electron chi connectivity index (χ4n) is 2.24. The summed E-state index contributed by atoms with van der Waals surface area (Å²) >= 11 is 0. The van der Waals surface area contributed by atoms with Crippen LogP contribution in [0.15, 0.2) is 24.3 Å². The van der Waals surface area contributed by atoms with E-state index in [0.717, 1.165) is 34.4 Å². The van der Waals surface area contributed by atoms with Gasteiger partial charge < -0.3 is 9.67 Å². The Bertz CT molecular complexity index is 582. The van der Waals surface area contributed by atoms with E-state index in [1.807, 2.05) is 31.5 Å². The van der Waals surface area contributed by atoms with E-state index >= 15 is 0 Å². The second kappa shape index (κ2) is 4.09. The molecule has 1 heterocycles. The Balaban J connectivity index is 2.72. The van der Waals surface area contributed by atoms with Gasteiger partial charge in [-0.15, -0.1) is 0 Å². The summed E-state index contributed by atoms with van der Waals surface area (Å²) in [6.07, 6.45) is 0.886. The number of phenols is 1. The summed E-state index contributed by atoms with van der Waals surface area (Å²) in [5.74, 6) is 0.230. The monoisotopic (exact) mass is 229 g/mol. The first-order valence-electron chi connectivity index (χ1n) is 5.46. The van der Waals surface area contributed by atoms with E-state index < -0.39 is 0 Å². The van der Waals surface area contributed by atoms with Gasteiger partial charge in [-0.2, -0.15) is 0 Å². The van der Waals surface area contributed by atoms with Crippen molar-refractivity contribution in [1.29, 1.82) is 0 Å². The SMILES string of the molecule is Cc1c(C=O)c(C)n(C)c1-c1cccc(O)c1. The number of hydrogen-bond donors (Lipinski definition) is 1. The molecule has 0 saturated carbocycles. The molecule has 1 aromatic heterocycles. The molecule has 0 bridgehead atoms. The third-order valence-electron chi connectivity index (χ3n) is 3.22. The second-order valence-electron chi connectivity index (χ2n) is 4.20. The summed E-state index contributed by atoms with van der Waals surface area (Å²) < 4.78 is 1.98. The average Bonchev–Trinajstić information content (AvgIpc) is 2.50. The number of nitrogens with zero attached hydrogens (tertiary/aromatic N) is 1. The van der Waals surface area contributed by atoms with Crippen LogP contribution in [0.1, 0.15) is 21.6 Å². The second-order valence-corrected chi connectivity index (χ2v) is 4.20. The van der Waals surface area contributed by atoms with Crippen LogP contribution >= 0.6 is 0 Å². The van der Waals surface area contributed by atoms with Crippen LogP contribution in [-0.4, -0.2) is 16.0 Å². The van der Waals surface area contributed by atoms with Crippen molar-refractivity contribution in [3.05, 3.63) is 41.1 Å². The minimum Gasteiger partial charge on any atom is -0.508 e. The van der Waals surface area contributed by atoms with Gasteiger partial charge in [0.15, 0.2) is 6.29 Å². The lowest BCUT2D eigenvalue weighted by molar-refractivity contribution is 0.112. The molecule has 2 rings (SSSR count). The minimum absolute atomic E-state index is 0.230. The molecule has 2 aromatic rings. The van der Waals surface area contributed by atoms with Crippen molar-refractivity contribution < 1.29 is 9.90 Å². The summed E-state index contributed by atoms with van der Waals surface area (Å²) in [6.45, 7) is 3.85. The molecule has 0 fully saturated rings. The summed E-state index contributed by atoms with van der Waals surface area (Å²) in [5, 5.41) is 9.51. The molecule has 3 heteroatoms. The van der Waals surface area contributed by atoms with Gasteiger partial charge in [0.1, 0.15) is 5.75 Å². The van der Waals surface area contributed by atoms with Crippen LogP contribution in [0.4, 0.5) is 0 Å². The number of hydrogen-bond acceptors (Lipinski definition) is 2. The maximum atomic E-state index is 11.0. The first-order valence-corrected chi connectivity index (χ1v) is 5.46. The fourth-order valence-corrected chi connectivity index (χ4v) is 2.24. The van der Waals surface area contributed by atoms with Crippen LogP contribution in [0, 0.1) is 13.8 Å². The highest BCUT2D eigenvalue weighted by Crippen LogP contribution is 2.30. The zero-order valence-electron chi connectivity index (χ0n) is 10.2. The van der Waals surface area contributed by atoms with E-state index in [1.165, 1.54) is 0 Å².